The summed E-state index contributed by atoms with van der Waals surface area (Å²) in [5, 5.41) is 8.71. The number of H-pyrrole nitrogens is 2. The van der Waals surface area contributed by atoms with E-state index in [9.17, 15) is 9.59 Å². The van der Waals surface area contributed by atoms with Crippen LogP contribution in [0.5, 0.6) is 0 Å². The van der Waals surface area contributed by atoms with E-state index < -0.39 is 11.2 Å². The minimum Gasteiger partial charge on any atom is -0.307 e. The van der Waals surface area contributed by atoms with Crippen LogP contribution in [-0.4, -0.2) is 9.97 Å². The zero-order chi connectivity index (χ0) is 12.3. The van der Waals surface area contributed by atoms with Gasteiger partial charge in [-0.3, -0.25) is 9.78 Å². The summed E-state index contributed by atoms with van der Waals surface area (Å²) in [5.74, 6) is 5.41. The van der Waals surface area contributed by atoms with Crippen molar-refractivity contribution in [1.29, 1.82) is 5.26 Å². The minimum absolute atomic E-state index is 0.139. The third kappa shape index (κ3) is 2.24. The molecule has 0 saturated carbocycles. The third-order valence-corrected chi connectivity index (χ3v) is 2.14. The first-order valence-corrected chi connectivity index (χ1v) is 4.83. The molecule has 0 bridgehead atoms. The molecule has 0 radical (unpaired) electrons. The number of benzene rings is 1. The van der Waals surface area contributed by atoms with Gasteiger partial charge in [0.2, 0.25) is 0 Å². The van der Waals surface area contributed by atoms with Crippen LogP contribution in [0.15, 0.2) is 27.8 Å². The van der Waals surface area contributed by atoms with Crippen molar-refractivity contribution in [3.05, 3.63) is 44.6 Å². The molecule has 1 aromatic heterocycles. The van der Waals surface area contributed by atoms with Crippen molar-refractivity contribution in [3.63, 3.8) is 0 Å². The molecule has 1 heterocycles. The summed E-state index contributed by atoms with van der Waals surface area (Å²) < 4.78 is 0. The van der Waals surface area contributed by atoms with Gasteiger partial charge in [-0.2, -0.15) is 5.26 Å². The minimum atomic E-state index is -0.536. The first kappa shape index (κ1) is 10.7. The monoisotopic (exact) mass is 225 g/mol. The number of aromatic nitrogens is 2. The number of nitriles is 1. The lowest BCUT2D eigenvalue weighted by Gasteiger charge is -1.96. The van der Waals surface area contributed by atoms with Crippen LogP contribution in [0.2, 0.25) is 0 Å². The summed E-state index contributed by atoms with van der Waals surface area (Å²) in [6.07, 6.45) is 0.139. The summed E-state index contributed by atoms with van der Waals surface area (Å²) in [6.45, 7) is 0. The summed E-state index contributed by atoms with van der Waals surface area (Å²) in [4.78, 5) is 27.2. The molecule has 2 N–H and O–H groups in total. The molecule has 1 aromatic carbocycles. The van der Waals surface area contributed by atoms with E-state index in [0.29, 0.717) is 16.5 Å². The van der Waals surface area contributed by atoms with Crippen LogP contribution in [0.25, 0.3) is 10.9 Å². The molecule has 0 saturated heterocycles. The normalized spacial score (nSPS) is 9.35. The van der Waals surface area contributed by atoms with Crippen molar-refractivity contribution >= 4 is 10.9 Å². The van der Waals surface area contributed by atoms with Crippen molar-refractivity contribution in [3.8, 4) is 17.9 Å². The van der Waals surface area contributed by atoms with Crippen LogP contribution in [0.3, 0.4) is 0 Å². The van der Waals surface area contributed by atoms with E-state index in [-0.39, 0.29) is 6.42 Å². The first-order valence-electron chi connectivity index (χ1n) is 4.83. The van der Waals surface area contributed by atoms with Gasteiger partial charge in [-0.15, -0.1) is 0 Å². The lowest BCUT2D eigenvalue weighted by Crippen LogP contribution is -2.21. The van der Waals surface area contributed by atoms with E-state index in [4.69, 9.17) is 5.26 Å². The van der Waals surface area contributed by atoms with Crippen LogP contribution < -0.4 is 11.2 Å². The summed E-state index contributed by atoms with van der Waals surface area (Å²) in [7, 11) is 0. The number of rotatable bonds is 0. The second-order valence-corrected chi connectivity index (χ2v) is 3.31. The Labute approximate surface area is 95.7 Å². The molecule has 0 fully saturated rings. The molecule has 82 valence electrons. The molecule has 2 rings (SSSR count). The summed E-state index contributed by atoms with van der Waals surface area (Å²) in [6, 6.07) is 6.78. The van der Waals surface area contributed by atoms with Crippen molar-refractivity contribution in [2.45, 2.75) is 6.42 Å². The Bertz CT molecular complexity index is 781. The lowest BCUT2D eigenvalue weighted by molar-refractivity contribution is 1.08. The van der Waals surface area contributed by atoms with Gasteiger partial charge in [-0.1, -0.05) is 11.8 Å². The van der Waals surface area contributed by atoms with Gasteiger partial charge in [0.15, 0.2) is 0 Å². The van der Waals surface area contributed by atoms with Gasteiger partial charge in [0.25, 0.3) is 5.56 Å². The van der Waals surface area contributed by atoms with Crippen LogP contribution in [0, 0.1) is 23.2 Å². The number of hydrogen-bond donors (Lipinski definition) is 2. The quantitative estimate of drug-likeness (QED) is 0.639. The van der Waals surface area contributed by atoms with Gasteiger partial charge in [0.05, 0.1) is 23.4 Å². The fourth-order valence-electron chi connectivity index (χ4n) is 1.43. The molecule has 0 aliphatic carbocycles. The van der Waals surface area contributed by atoms with E-state index in [1.807, 2.05) is 6.07 Å². The molecule has 0 atom stereocenters. The molecule has 17 heavy (non-hydrogen) atoms. The summed E-state index contributed by atoms with van der Waals surface area (Å²) in [5.41, 5.74) is 0.105. The zero-order valence-corrected chi connectivity index (χ0v) is 8.70. The van der Waals surface area contributed by atoms with Crippen molar-refractivity contribution in [2.24, 2.45) is 0 Å². The molecule has 0 aliphatic heterocycles. The Hall–Kier alpha value is -2.79. The number of nitrogens with one attached hydrogen (secondary N) is 2. The van der Waals surface area contributed by atoms with E-state index >= 15 is 0 Å². The average molecular weight is 225 g/mol. The first-order chi connectivity index (χ1) is 8.20. The van der Waals surface area contributed by atoms with E-state index in [2.05, 4.69) is 21.8 Å². The Morgan fingerprint density at radius 2 is 2.06 bits per heavy atom. The van der Waals surface area contributed by atoms with Gasteiger partial charge < -0.3 is 4.98 Å². The standard InChI is InChI=1S/C12H7N3O2/c13-6-2-1-3-8-4-5-10-9(7-8)11(16)15-12(17)14-10/h4-5,7H,2H2,(H2,14,15,16,17). The van der Waals surface area contributed by atoms with Gasteiger partial charge in [-0.25, -0.2) is 4.79 Å². The largest absolute Gasteiger partial charge is 0.326 e. The van der Waals surface area contributed by atoms with Crippen LogP contribution in [0.1, 0.15) is 12.0 Å². The number of aromatic amines is 2. The Balaban J connectivity index is 2.60. The fourth-order valence-corrected chi connectivity index (χ4v) is 1.43. The number of fused-ring (bicyclic) bond motifs is 1. The average Bonchev–Trinajstić information content (AvgIpc) is 2.30. The lowest BCUT2D eigenvalue weighted by atomic mass is 10.1. The van der Waals surface area contributed by atoms with E-state index in [1.54, 1.807) is 18.2 Å². The van der Waals surface area contributed by atoms with Crippen molar-refractivity contribution < 1.29 is 0 Å². The Kier molecular flexibility index (Phi) is 2.76. The Morgan fingerprint density at radius 1 is 1.24 bits per heavy atom. The van der Waals surface area contributed by atoms with Gasteiger partial charge in [0.1, 0.15) is 0 Å². The van der Waals surface area contributed by atoms with E-state index in [1.165, 1.54) is 0 Å². The maximum Gasteiger partial charge on any atom is 0.326 e. The highest BCUT2D eigenvalue weighted by Gasteiger charge is 2.00. The highest BCUT2D eigenvalue weighted by atomic mass is 16.2. The van der Waals surface area contributed by atoms with Crippen molar-refractivity contribution in [2.75, 3.05) is 0 Å². The highest BCUT2D eigenvalue weighted by molar-refractivity contribution is 5.78. The fraction of sp³-hybridized carbons (Fsp3) is 0.0833. The Morgan fingerprint density at radius 3 is 2.82 bits per heavy atom. The molecule has 0 unspecified atom stereocenters. The summed E-state index contributed by atoms with van der Waals surface area (Å²) >= 11 is 0. The predicted molar refractivity (Wildman–Crippen MR) is 62.3 cm³/mol. The molecule has 2 aromatic rings. The molecular weight excluding hydrogens is 218 g/mol. The second-order valence-electron chi connectivity index (χ2n) is 3.31. The van der Waals surface area contributed by atoms with Gasteiger partial charge in [0, 0.05) is 5.56 Å². The van der Waals surface area contributed by atoms with Crippen molar-refractivity contribution in [1.82, 2.24) is 9.97 Å². The highest BCUT2D eigenvalue weighted by Crippen LogP contribution is 2.07. The topological polar surface area (TPSA) is 89.5 Å². The van der Waals surface area contributed by atoms with Crippen LogP contribution in [0.4, 0.5) is 0 Å². The molecule has 0 aliphatic rings. The maximum absolute atomic E-state index is 11.5. The SMILES string of the molecule is N#CCC#Cc1ccc2[nH]c(=O)[nH]c(=O)c2c1. The molecule has 5 heteroatoms. The van der Waals surface area contributed by atoms with Crippen LogP contribution >= 0.6 is 0 Å². The van der Waals surface area contributed by atoms with Gasteiger partial charge >= 0.3 is 5.69 Å². The van der Waals surface area contributed by atoms with Gasteiger partial charge in [-0.05, 0) is 18.2 Å². The molecular formula is C12H7N3O2. The zero-order valence-electron chi connectivity index (χ0n) is 8.70. The molecule has 0 amide bonds. The van der Waals surface area contributed by atoms with Crippen LogP contribution in [-0.2, 0) is 0 Å². The molecule has 0 spiro atoms. The smallest absolute Gasteiger partial charge is 0.307 e. The number of hydrogen-bond acceptors (Lipinski definition) is 3. The second kappa shape index (κ2) is 4.38. The number of nitrogens with zero attached hydrogens (tertiary/aromatic N) is 1. The van der Waals surface area contributed by atoms with E-state index in [0.717, 1.165) is 0 Å². The molecule has 5 nitrogen and oxygen atoms in total. The third-order valence-electron chi connectivity index (χ3n) is 2.14. The predicted octanol–water partition coefficient (Wildman–Crippen LogP) is 0.482. The maximum atomic E-state index is 11.5.